The van der Waals surface area contributed by atoms with Gasteiger partial charge in [-0.1, -0.05) is 37.3 Å². The average Bonchev–Trinajstić information content (AvgIpc) is 2.39. The molecule has 6 heteroatoms. The van der Waals surface area contributed by atoms with Gasteiger partial charge in [0.15, 0.2) is 9.84 Å². The van der Waals surface area contributed by atoms with Gasteiger partial charge in [0.25, 0.3) is 0 Å². The average molecular weight is 284 g/mol. The minimum atomic E-state index is -3.08. The Labute approximate surface area is 114 Å². The van der Waals surface area contributed by atoms with Crippen molar-refractivity contribution in [1.29, 1.82) is 0 Å². The summed E-state index contributed by atoms with van der Waals surface area (Å²) in [7, 11) is -3.08. The quantitative estimate of drug-likeness (QED) is 0.792. The monoisotopic (exact) mass is 284 g/mol. The Morgan fingerprint density at radius 1 is 1.32 bits per heavy atom. The lowest BCUT2D eigenvalue weighted by Gasteiger charge is -2.24. The molecule has 0 saturated heterocycles. The van der Waals surface area contributed by atoms with Crippen LogP contribution in [0.3, 0.4) is 0 Å². The molecule has 0 radical (unpaired) electrons. The fraction of sp³-hybridized carbons (Fsp3) is 0.462. The van der Waals surface area contributed by atoms with Crippen molar-refractivity contribution in [3.8, 4) is 0 Å². The van der Waals surface area contributed by atoms with Crippen molar-refractivity contribution in [1.82, 2.24) is 5.32 Å². The molecule has 0 aliphatic carbocycles. The first-order valence-electron chi connectivity index (χ1n) is 6.12. The van der Waals surface area contributed by atoms with E-state index in [0.29, 0.717) is 5.56 Å². The van der Waals surface area contributed by atoms with Crippen molar-refractivity contribution in [2.45, 2.75) is 19.4 Å². The maximum absolute atomic E-state index is 12.0. The minimum absolute atomic E-state index is 0.0693. The Morgan fingerprint density at radius 2 is 1.89 bits per heavy atom. The molecular formula is C13H20N2O3S. The molecule has 106 valence electrons. The van der Waals surface area contributed by atoms with Crippen LogP contribution in [0.25, 0.3) is 0 Å². The highest BCUT2D eigenvalue weighted by Crippen LogP contribution is 2.17. The van der Waals surface area contributed by atoms with Crippen molar-refractivity contribution >= 4 is 15.7 Å². The van der Waals surface area contributed by atoms with E-state index >= 15 is 0 Å². The van der Waals surface area contributed by atoms with Gasteiger partial charge in [-0.3, -0.25) is 4.79 Å². The van der Waals surface area contributed by atoms with E-state index in [2.05, 4.69) is 5.32 Å². The van der Waals surface area contributed by atoms with Gasteiger partial charge in [-0.25, -0.2) is 8.42 Å². The van der Waals surface area contributed by atoms with Gasteiger partial charge in [0.05, 0.1) is 5.75 Å². The summed E-state index contributed by atoms with van der Waals surface area (Å²) in [6.45, 7) is 3.26. The Kier molecular flexibility index (Phi) is 5.08. The second kappa shape index (κ2) is 6.16. The molecule has 1 aromatic carbocycles. The van der Waals surface area contributed by atoms with Crippen LogP contribution in [0.4, 0.5) is 0 Å². The molecule has 1 aromatic rings. The molecule has 1 amide bonds. The minimum Gasteiger partial charge on any atom is -0.353 e. The molecule has 0 aromatic heterocycles. The summed E-state index contributed by atoms with van der Waals surface area (Å²) in [5.74, 6) is -0.383. The molecule has 0 aliphatic heterocycles. The highest BCUT2D eigenvalue weighted by atomic mass is 32.2. The van der Waals surface area contributed by atoms with Gasteiger partial charge in [0.2, 0.25) is 5.91 Å². The Bertz CT molecular complexity index is 524. The maximum Gasteiger partial charge on any atom is 0.244 e. The van der Waals surface area contributed by atoms with Gasteiger partial charge in [-0.15, -0.1) is 0 Å². The molecule has 0 fully saturated rings. The van der Waals surface area contributed by atoms with Crippen LogP contribution in [-0.4, -0.2) is 32.4 Å². The van der Waals surface area contributed by atoms with E-state index in [1.54, 1.807) is 38.1 Å². The van der Waals surface area contributed by atoms with Gasteiger partial charge >= 0.3 is 0 Å². The zero-order chi connectivity index (χ0) is 14.5. The molecule has 0 spiro atoms. The smallest absolute Gasteiger partial charge is 0.244 e. The van der Waals surface area contributed by atoms with E-state index in [1.807, 2.05) is 6.07 Å². The highest BCUT2D eigenvalue weighted by Gasteiger charge is 2.30. The molecule has 0 aliphatic rings. The number of hydrogen-bond acceptors (Lipinski definition) is 4. The van der Waals surface area contributed by atoms with Crippen LogP contribution in [0.15, 0.2) is 30.3 Å². The van der Waals surface area contributed by atoms with Crippen molar-refractivity contribution in [3.05, 3.63) is 35.9 Å². The maximum atomic E-state index is 12.0. The molecule has 0 saturated carbocycles. The first-order valence-corrected chi connectivity index (χ1v) is 7.95. The Balaban J connectivity index is 2.63. The van der Waals surface area contributed by atoms with E-state index in [1.165, 1.54) is 0 Å². The number of amides is 1. The number of hydrogen-bond donors (Lipinski definition) is 2. The number of carbonyl (C=O) groups is 1. The topological polar surface area (TPSA) is 89.3 Å². The first kappa shape index (κ1) is 15.7. The largest absolute Gasteiger partial charge is 0.353 e. The standard InChI is InChI=1S/C13H20N2O3S/c1-3-19(17,18)10-9-15-12(16)13(2,14)11-7-5-4-6-8-11/h4-8H,3,9-10,14H2,1-2H3,(H,15,16). The van der Waals surface area contributed by atoms with Crippen molar-refractivity contribution in [2.75, 3.05) is 18.1 Å². The number of nitrogens with one attached hydrogen (secondary N) is 1. The van der Waals surface area contributed by atoms with Crippen molar-refractivity contribution in [3.63, 3.8) is 0 Å². The normalized spacial score (nSPS) is 14.7. The first-order chi connectivity index (χ1) is 8.79. The van der Waals surface area contributed by atoms with Crippen LogP contribution < -0.4 is 11.1 Å². The molecule has 3 N–H and O–H groups in total. The Hall–Kier alpha value is -1.40. The number of sulfone groups is 1. The summed E-state index contributed by atoms with van der Waals surface area (Å²) >= 11 is 0. The van der Waals surface area contributed by atoms with E-state index in [9.17, 15) is 13.2 Å². The molecule has 1 unspecified atom stereocenters. The molecule has 19 heavy (non-hydrogen) atoms. The van der Waals surface area contributed by atoms with E-state index < -0.39 is 15.4 Å². The summed E-state index contributed by atoms with van der Waals surface area (Å²) < 4.78 is 22.6. The van der Waals surface area contributed by atoms with Crippen LogP contribution in [0.1, 0.15) is 19.4 Å². The molecule has 1 atom stereocenters. The van der Waals surface area contributed by atoms with Crippen LogP contribution >= 0.6 is 0 Å². The molecular weight excluding hydrogens is 264 g/mol. The fourth-order valence-corrected chi connectivity index (χ4v) is 2.27. The summed E-state index contributed by atoms with van der Waals surface area (Å²) in [6.07, 6.45) is 0. The molecule has 0 heterocycles. The van der Waals surface area contributed by atoms with Crippen molar-refractivity contribution in [2.24, 2.45) is 5.73 Å². The predicted octanol–water partition coefficient (Wildman–Crippen LogP) is 0.411. The predicted molar refractivity (Wildman–Crippen MR) is 75.3 cm³/mol. The lowest BCUT2D eigenvalue weighted by atomic mass is 9.92. The van der Waals surface area contributed by atoms with Crippen molar-refractivity contribution < 1.29 is 13.2 Å². The third kappa shape index (κ3) is 4.33. The molecule has 0 bridgehead atoms. The third-order valence-corrected chi connectivity index (χ3v) is 4.69. The lowest BCUT2D eigenvalue weighted by Crippen LogP contribution is -2.49. The van der Waals surface area contributed by atoms with E-state index in [0.717, 1.165) is 0 Å². The summed E-state index contributed by atoms with van der Waals surface area (Å²) in [4.78, 5) is 12.0. The second-order valence-electron chi connectivity index (χ2n) is 4.56. The summed E-state index contributed by atoms with van der Waals surface area (Å²) in [6, 6.07) is 8.97. The van der Waals surface area contributed by atoms with Gasteiger partial charge in [0, 0.05) is 12.3 Å². The van der Waals surface area contributed by atoms with Gasteiger partial charge in [-0.05, 0) is 12.5 Å². The van der Waals surface area contributed by atoms with Crippen LogP contribution in [0.5, 0.6) is 0 Å². The Morgan fingerprint density at radius 3 is 2.42 bits per heavy atom. The van der Waals surface area contributed by atoms with Gasteiger partial charge in [-0.2, -0.15) is 0 Å². The number of carbonyl (C=O) groups excluding carboxylic acids is 1. The third-order valence-electron chi connectivity index (χ3n) is 2.98. The van der Waals surface area contributed by atoms with Crippen LogP contribution in [-0.2, 0) is 20.2 Å². The van der Waals surface area contributed by atoms with Gasteiger partial charge < -0.3 is 11.1 Å². The second-order valence-corrected chi connectivity index (χ2v) is 7.03. The fourth-order valence-electron chi connectivity index (χ4n) is 1.56. The lowest BCUT2D eigenvalue weighted by molar-refractivity contribution is -0.125. The van der Waals surface area contributed by atoms with Crippen LogP contribution in [0, 0.1) is 0 Å². The zero-order valence-corrected chi connectivity index (χ0v) is 12.0. The zero-order valence-electron chi connectivity index (χ0n) is 11.2. The number of nitrogens with two attached hydrogens (primary N) is 1. The summed E-state index contributed by atoms with van der Waals surface area (Å²) in [5, 5.41) is 2.57. The van der Waals surface area contributed by atoms with Crippen LogP contribution in [0.2, 0.25) is 0 Å². The van der Waals surface area contributed by atoms with Gasteiger partial charge in [0.1, 0.15) is 5.54 Å². The summed E-state index contributed by atoms with van der Waals surface area (Å²) in [5.41, 5.74) is 5.52. The molecule has 5 nitrogen and oxygen atoms in total. The number of rotatable bonds is 6. The SMILES string of the molecule is CCS(=O)(=O)CCNC(=O)C(C)(N)c1ccccc1. The number of benzene rings is 1. The van der Waals surface area contributed by atoms with E-state index in [4.69, 9.17) is 5.73 Å². The van der Waals surface area contributed by atoms with E-state index in [-0.39, 0.29) is 24.0 Å². The molecule has 1 rings (SSSR count). The highest BCUT2D eigenvalue weighted by molar-refractivity contribution is 7.91.